The monoisotopic (exact) mass is 212 g/mol. The van der Waals surface area contributed by atoms with Crippen LogP contribution in [0.25, 0.3) is 0 Å². The Kier molecular flexibility index (Phi) is 3.68. The Morgan fingerprint density at radius 3 is 2.87 bits per heavy atom. The van der Waals surface area contributed by atoms with Crippen molar-refractivity contribution in [1.82, 2.24) is 15.5 Å². The van der Waals surface area contributed by atoms with Gasteiger partial charge < -0.3 is 16.2 Å². The summed E-state index contributed by atoms with van der Waals surface area (Å²) in [5.74, 6) is -0.371. The maximum Gasteiger partial charge on any atom is 0.274 e. The summed E-state index contributed by atoms with van der Waals surface area (Å²) in [6.07, 6.45) is 0.113. The van der Waals surface area contributed by atoms with Gasteiger partial charge in [-0.25, -0.2) is 0 Å². The minimum atomic E-state index is -0.584. The Morgan fingerprint density at radius 1 is 1.73 bits per heavy atom. The smallest absolute Gasteiger partial charge is 0.274 e. The van der Waals surface area contributed by atoms with E-state index < -0.39 is 6.10 Å². The molecule has 0 spiro atoms. The van der Waals surface area contributed by atoms with Crippen LogP contribution in [0, 0.1) is 0 Å². The lowest BCUT2D eigenvalue weighted by Crippen LogP contribution is -2.31. The molecular formula is C9H16N4O2. The highest BCUT2D eigenvalue weighted by Crippen LogP contribution is 2.13. The molecule has 1 amide bonds. The predicted molar refractivity (Wildman–Crippen MR) is 56.4 cm³/mol. The number of aliphatic hydroxyl groups is 1. The highest BCUT2D eigenvalue weighted by Gasteiger charge is 2.16. The number of anilines is 1. The van der Waals surface area contributed by atoms with Crippen LogP contribution in [0.4, 0.5) is 5.69 Å². The average molecular weight is 212 g/mol. The fraction of sp³-hybridized carbons (Fsp3) is 0.556. The summed E-state index contributed by atoms with van der Waals surface area (Å²) in [5, 5.41) is 18.0. The number of aromatic amines is 1. The zero-order valence-corrected chi connectivity index (χ0v) is 8.87. The lowest BCUT2D eigenvalue weighted by atomic mass is 10.2. The van der Waals surface area contributed by atoms with Crippen molar-refractivity contribution in [2.24, 2.45) is 0 Å². The zero-order valence-electron chi connectivity index (χ0n) is 8.87. The van der Waals surface area contributed by atoms with Crippen LogP contribution in [0.2, 0.25) is 0 Å². The second-order valence-electron chi connectivity index (χ2n) is 3.38. The van der Waals surface area contributed by atoms with E-state index in [0.717, 1.165) is 5.69 Å². The predicted octanol–water partition coefficient (Wildman–Crippen LogP) is -0.335. The van der Waals surface area contributed by atoms with Gasteiger partial charge in [0.05, 0.1) is 17.5 Å². The SMILES string of the molecule is CCc1[nH]nc(C(=O)NCC(C)O)c1N. The molecule has 0 aliphatic carbocycles. The first-order valence-corrected chi connectivity index (χ1v) is 4.85. The lowest BCUT2D eigenvalue weighted by Gasteiger charge is -2.05. The van der Waals surface area contributed by atoms with Crippen molar-refractivity contribution in [2.75, 3.05) is 12.3 Å². The molecule has 1 unspecified atom stereocenters. The van der Waals surface area contributed by atoms with Crippen molar-refractivity contribution in [3.63, 3.8) is 0 Å². The van der Waals surface area contributed by atoms with Crippen LogP contribution >= 0.6 is 0 Å². The Hall–Kier alpha value is -1.56. The quantitative estimate of drug-likeness (QED) is 0.548. The van der Waals surface area contributed by atoms with Gasteiger partial charge in [-0.05, 0) is 13.3 Å². The van der Waals surface area contributed by atoms with Gasteiger partial charge in [0.15, 0.2) is 5.69 Å². The molecule has 15 heavy (non-hydrogen) atoms. The molecule has 6 nitrogen and oxygen atoms in total. The largest absolute Gasteiger partial charge is 0.395 e. The molecule has 0 radical (unpaired) electrons. The number of nitrogen functional groups attached to an aromatic ring is 1. The minimum absolute atomic E-state index is 0.187. The highest BCUT2D eigenvalue weighted by atomic mass is 16.3. The van der Waals surface area contributed by atoms with E-state index in [1.54, 1.807) is 6.92 Å². The number of rotatable bonds is 4. The van der Waals surface area contributed by atoms with Gasteiger partial charge >= 0.3 is 0 Å². The van der Waals surface area contributed by atoms with Gasteiger partial charge in [-0.15, -0.1) is 0 Å². The summed E-state index contributed by atoms with van der Waals surface area (Å²) in [7, 11) is 0. The van der Waals surface area contributed by atoms with Crippen molar-refractivity contribution in [3.05, 3.63) is 11.4 Å². The van der Waals surface area contributed by atoms with E-state index in [2.05, 4.69) is 15.5 Å². The normalized spacial score (nSPS) is 12.5. The second kappa shape index (κ2) is 4.79. The van der Waals surface area contributed by atoms with Crippen molar-refractivity contribution in [3.8, 4) is 0 Å². The van der Waals surface area contributed by atoms with Gasteiger partial charge in [-0.3, -0.25) is 9.89 Å². The van der Waals surface area contributed by atoms with Gasteiger partial charge in [0.25, 0.3) is 5.91 Å². The molecule has 0 aliphatic heterocycles. The number of nitrogens with zero attached hydrogens (tertiary/aromatic N) is 1. The third-order valence-electron chi connectivity index (χ3n) is 2.01. The first kappa shape index (κ1) is 11.5. The maximum absolute atomic E-state index is 11.5. The Bertz CT molecular complexity index is 346. The number of nitrogens with one attached hydrogen (secondary N) is 2. The number of amides is 1. The van der Waals surface area contributed by atoms with Crippen molar-refractivity contribution in [1.29, 1.82) is 0 Å². The van der Waals surface area contributed by atoms with E-state index in [4.69, 9.17) is 10.8 Å². The molecule has 0 bridgehead atoms. The van der Waals surface area contributed by atoms with E-state index in [-0.39, 0.29) is 18.1 Å². The Labute approximate surface area is 87.9 Å². The number of nitrogens with two attached hydrogens (primary N) is 1. The number of hydrogen-bond donors (Lipinski definition) is 4. The molecule has 0 saturated carbocycles. The van der Waals surface area contributed by atoms with Gasteiger partial charge in [-0.1, -0.05) is 6.92 Å². The van der Waals surface area contributed by atoms with Crippen molar-refractivity contribution >= 4 is 11.6 Å². The van der Waals surface area contributed by atoms with Gasteiger partial charge in [0.1, 0.15) is 0 Å². The van der Waals surface area contributed by atoms with Crippen molar-refractivity contribution in [2.45, 2.75) is 26.4 Å². The summed E-state index contributed by atoms with van der Waals surface area (Å²) in [6, 6.07) is 0. The number of aryl methyl sites for hydroxylation is 1. The summed E-state index contributed by atoms with van der Waals surface area (Å²) in [6.45, 7) is 3.69. The summed E-state index contributed by atoms with van der Waals surface area (Å²) in [4.78, 5) is 11.5. The fourth-order valence-electron chi connectivity index (χ4n) is 1.15. The maximum atomic E-state index is 11.5. The number of carbonyl (C=O) groups is 1. The van der Waals surface area contributed by atoms with Crippen LogP contribution < -0.4 is 11.1 Å². The number of carbonyl (C=O) groups excluding carboxylic acids is 1. The first-order valence-electron chi connectivity index (χ1n) is 4.85. The van der Waals surface area contributed by atoms with Crippen LogP contribution in [-0.4, -0.2) is 33.9 Å². The zero-order chi connectivity index (χ0) is 11.4. The second-order valence-corrected chi connectivity index (χ2v) is 3.38. The van der Waals surface area contributed by atoms with E-state index in [1.807, 2.05) is 6.92 Å². The summed E-state index contributed by atoms with van der Waals surface area (Å²) >= 11 is 0. The minimum Gasteiger partial charge on any atom is -0.395 e. The molecule has 1 aromatic heterocycles. The summed E-state index contributed by atoms with van der Waals surface area (Å²) in [5.41, 5.74) is 7.01. The molecule has 5 N–H and O–H groups in total. The standard InChI is InChI=1S/C9H16N4O2/c1-3-6-7(10)8(13-12-6)9(15)11-4-5(2)14/h5,14H,3-4,10H2,1-2H3,(H,11,15)(H,12,13). The van der Waals surface area contributed by atoms with E-state index in [9.17, 15) is 4.79 Å². The molecule has 0 fully saturated rings. The van der Waals surface area contributed by atoms with Crippen LogP contribution in [0.5, 0.6) is 0 Å². The van der Waals surface area contributed by atoms with Gasteiger partial charge in [-0.2, -0.15) is 5.10 Å². The Morgan fingerprint density at radius 2 is 2.40 bits per heavy atom. The van der Waals surface area contributed by atoms with Crippen molar-refractivity contribution < 1.29 is 9.90 Å². The molecule has 84 valence electrons. The number of H-pyrrole nitrogens is 1. The van der Waals surface area contributed by atoms with E-state index in [1.165, 1.54) is 0 Å². The third kappa shape index (κ3) is 2.69. The number of hydrogen-bond acceptors (Lipinski definition) is 4. The Balaban J connectivity index is 2.69. The van der Waals surface area contributed by atoms with E-state index in [0.29, 0.717) is 12.1 Å². The molecule has 0 aliphatic rings. The first-order chi connectivity index (χ1) is 7.06. The lowest BCUT2D eigenvalue weighted by molar-refractivity contribution is 0.0920. The molecule has 1 rings (SSSR count). The van der Waals surface area contributed by atoms with Gasteiger partial charge in [0, 0.05) is 6.54 Å². The van der Waals surface area contributed by atoms with Gasteiger partial charge in [0.2, 0.25) is 0 Å². The van der Waals surface area contributed by atoms with E-state index >= 15 is 0 Å². The average Bonchev–Trinajstić information content (AvgIpc) is 2.56. The highest BCUT2D eigenvalue weighted by molar-refractivity contribution is 5.97. The molecule has 6 heteroatoms. The molecule has 0 aromatic carbocycles. The van der Waals surface area contributed by atoms with Crippen LogP contribution in [-0.2, 0) is 6.42 Å². The molecule has 0 saturated heterocycles. The van der Waals surface area contributed by atoms with Crippen LogP contribution in [0.1, 0.15) is 30.0 Å². The third-order valence-corrected chi connectivity index (χ3v) is 2.01. The fourth-order valence-corrected chi connectivity index (χ4v) is 1.15. The molecule has 1 atom stereocenters. The number of aliphatic hydroxyl groups excluding tert-OH is 1. The summed E-state index contributed by atoms with van der Waals surface area (Å²) < 4.78 is 0. The number of aromatic nitrogens is 2. The molecule has 1 heterocycles. The van der Waals surface area contributed by atoms with Crippen LogP contribution in [0.15, 0.2) is 0 Å². The molecule has 1 aromatic rings. The van der Waals surface area contributed by atoms with Crippen LogP contribution in [0.3, 0.4) is 0 Å². The molecular weight excluding hydrogens is 196 g/mol. The topological polar surface area (TPSA) is 104 Å².